The number of hydrogen-bond acceptors (Lipinski definition) is 3. The average molecular weight is 461 g/mol. The van der Waals surface area contributed by atoms with Crippen molar-refractivity contribution in [2.45, 2.75) is 58.8 Å². The van der Waals surface area contributed by atoms with Crippen LogP contribution >= 0.6 is 31.0 Å². The third-order valence-electron chi connectivity index (χ3n) is 4.49. The van der Waals surface area contributed by atoms with Gasteiger partial charge in [-0.05, 0) is 35.1 Å². The van der Waals surface area contributed by atoms with Crippen LogP contribution in [0.3, 0.4) is 0 Å². The first-order valence-electron chi connectivity index (χ1n) is 9.09. The van der Waals surface area contributed by atoms with Gasteiger partial charge in [0.05, 0.1) is 0 Å². The number of halogens is 2. The molecule has 8 heteroatoms. The van der Waals surface area contributed by atoms with E-state index >= 15 is 0 Å². The van der Waals surface area contributed by atoms with Crippen molar-refractivity contribution in [3.63, 3.8) is 0 Å². The summed E-state index contributed by atoms with van der Waals surface area (Å²) in [6.45, 7) is 11.6. The summed E-state index contributed by atoms with van der Waals surface area (Å²) >= 11 is 12.6. The molecule has 0 radical (unpaired) electrons. The van der Waals surface area contributed by atoms with E-state index in [1.807, 2.05) is 41.5 Å². The fourth-order valence-corrected chi connectivity index (χ4v) is 4.07. The van der Waals surface area contributed by atoms with Crippen molar-refractivity contribution in [1.29, 1.82) is 0 Å². The maximum absolute atomic E-state index is 11.6. The van der Waals surface area contributed by atoms with Gasteiger partial charge < -0.3 is 9.63 Å². The van der Waals surface area contributed by atoms with Crippen molar-refractivity contribution >= 4 is 31.0 Å². The van der Waals surface area contributed by atoms with Gasteiger partial charge >= 0.3 is 7.82 Å². The number of phenolic OH excluding ortho intramolecular Hbond substituents is 1. The van der Waals surface area contributed by atoms with E-state index in [-0.39, 0.29) is 23.3 Å². The molecule has 0 bridgehead atoms. The van der Waals surface area contributed by atoms with Gasteiger partial charge in [0.15, 0.2) is 0 Å². The molecular formula is C21H27Cl2O5P. The predicted molar refractivity (Wildman–Crippen MR) is 117 cm³/mol. The number of phosphoric ester groups is 1. The minimum Gasteiger partial charge on any atom is -0.507 e. The molecule has 2 aromatic carbocycles. The number of phenols is 1. The monoisotopic (exact) mass is 460 g/mol. The number of phosphoric acid groups is 1. The van der Waals surface area contributed by atoms with Crippen LogP contribution in [0.15, 0.2) is 24.3 Å². The minimum atomic E-state index is -4.82. The lowest BCUT2D eigenvalue weighted by Crippen LogP contribution is -2.15. The van der Waals surface area contributed by atoms with Crippen LogP contribution < -0.4 is 4.52 Å². The first kappa shape index (κ1) is 24.0. The Bertz CT molecular complexity index is 969. The average Bonchev–Trinajstić information content (AvgIpc) is 2.49. The smallest absolute Gasteiger partial charge is 0.507 e. The SMILES string of the molecule is CC(C)(C)c1cc(Cl)cc(Cc2cc(Cl)cc(C(C)(C)C)c2OP(=O)(O)O)c1O. The molecule has 5 nitrogen and oxygen atoms in total. The summed E-state index contributed by atoms with van der Waals surface area (Å²) in [5.74, 6) is 0.147. The van der Waals surface area contributed by atoms with Crippen molar-refractivity contribution in [1.82, 2.24) is 0 Å². The van der Waals surface area contributed by atoms with Crippen LogP contribution in [0.4, 0.5) is 0 Å². The highest BCUT2D eigenvalue weighted by Crippen LogP contribution is 2.47. The molecule has 160 valence electrons. The normalized spacial score (nSPS) is 12.9. The van der Waals surface area contributed by atoms with Crippen molar-refractivity contribution in [2.24, 2.45) is 0 Å². The van der Waals surface area contributed by atoms with Crippen LogP contribution in [-0.4, -0.2) is 14.9 Å². The van der Waals surface area contributed by atoms with E-state index in [2.05, 4.69) is 0 Å². The van der Waals surface area contributed by atoms with Gasteiger partial charge in [0, 0.05) is 38.7 Å². The van der Waals surface area contributed by atoms with Crippen LogP contribution in [0.5, 0.6) is 11.5 Å². The Hall–Kier alpha value is -1.23. The molecule has 0 aromatic heterocycles. The van der Waals surface area contributed by atoms with E-state index < -0.39 is 13.2 Å². The van der Waals surface area contributed by atoms with Gasteiger partial charge in [-0.25, -0.2) is 4.57 Å². The molecule has 0 aliphatic heterocycles. The second-order valence-electron chi connectivity index (χ2n) is 9.16. The maximum Gasteiger partial charge on any atom is 0.524 e. The molecule has 3 N–H and O–H groups in total. The maximum atomic E-state index is 11.6. The van der Waals surface area contributed by atoms with Gasteiger partial charge in [0.2, 0.25) is 0 Å². The Morgan fingerprint density at radius 1 is 0.862 bits per heavy atom. The first-order valence-corrected chi connectivity index (χ1v) is 11.4. The second kappa shape index (κ2) is 8.13. The van der Waals surface area contributed by atoms with E-state index in [1.165, 1.54) is 0 Å². The third-order valence-corrected chi connectivity index (χ3v) is 5.35. The summed E-state index contributed by atoms with van der Waals surface area (Å²) in [6.07, 6.45) is 0.133. The highest BCUT2D eigenvalue weighted by Gasteiger charge is 2.29. The van der Waals surface area contributed by atoms with Gasteiger partial charge in [-0.3, -0.25) is 9.79 Å². The molecular weight excluding hydrogens is 434 g/mol. The second-order valence-corrected chi connectivity index (χ2v) is 11.2. The summed E-state index contributed by atoms with van der Waals surface area (Å²) in [4.78, 5) is 18.9. The van der Waals surface area contributed by atoms with Gasteiger partial charge in [-0.1, -0.05) is 64.7 Å². The summed E-state index contributed by atoms with van der Waals surface area (Å²) in [5, 5.41) is 11.7. The Balaban J connectivity index is 2.72. The van der Waals surface area contributed by atoms with Gasteiger partial charge in [-0.15, -0.1) is 0 Å². The molecule has 0 saturated carbocycles. The van der Waals surface area contributed by atoms with Crippen LogP contribution in [0.25, 0.3) is 0 Å². The summed E-state index contributed by atoms with van der Waals surface area (Å²) < 4.78 is 16.7. The Morgan fingerprint density at radius 2 is 1.31 bits per heavy atom. The molecule has 0 aliphatic carbocycles. The van der Waals surface area contributed by atoms with Gasteiger partial charge in [0.1, 0.15) is 11.5 Å². The lowest BCUT2D eigenvalue weighted by atomic mass is 9.83. The van der Waals surface area contributed by atoms with Crippen molar-refractivity contribution < 1.29 is 24.0 Å². The van der Waals surface area contributed by atoms with Gasteiger partial charge in [0.25, 0.3) is 0 Å². The van der Waals surface area contributed by atoms with Crippen LogP contribution in [0, 0.1) is 0 Å². The molecule has 0 amide bonds. The molecule has 0 fully saturated rings. The summed E-state index contributed by atoms with van der Waals surface area (Å²) in [6, 6.07) is 6.56. The third kappa shape index (κ3) is 6.13. The number of benzene rings is 2. The Morgan fingerprint density at radius 3 is 1.76 bits per heavy atom. The van der Waals surface area contributed by atoms with E-state index in [1.54, 1.807) is 24.3 Å². The van der Waals surface area contributed by atoms with Gasteiger partial charge in [-0.2, -0.15) is 0 Å². The molecule has 0 saturated heterocycles. The van der Waals surface area contributed by atoms with Crippen LogP contribution in [0.2, 0.25) is 10.0 Å². The first-order chi connectivity index (χ1) is 13.0. The fourth-order valence-electron chi connectivity index (χ4n) is 3.13. The van der Waals surface area contributed by atoms with Crippen molar-refractivity contribution in [3.8, 4) is 11.5 Å². The van der Waals surface area contributed by atoms with E-state index in [0.717, 1.165) is 0 Å². The van der Waals surface area contributed by atoms with E-state index in [9.17, 15) is 19.5 Å². The zero-order valence-corrected chi connectivity index (χ0v) is 19.8. The minimum absolute atomic E-state index is 0.0620. The van der Waals surface area contributed by atoms with Crippen LogP contribution in [-0.2, 0) is 21.8 Å². The summed E-state index contributed by atoms with van der Waals surface area (Å²) in [5.41, 5.74) is 1.36. The molecule has 0 heterocycles. The molecule has 0 spiro atoms. The van der Waals surface area contributed by atoms with Crippen LogP contribution in [0.1, 0.15) is 63.8 Å². The highest BCUT2D eigenvalue weighted by molar-refractivity contribution is 7.46. The number of rotatable bonds is 4. The largest absolute Gasteiger partial charge is 0.524 e. The summed E-state index contributed by atoms with van der Waals surface area (Å²) in [7, 11) is -4.82. The Labute approximate surface area is 181 Å². The highest BCUT2D eigenvalue weighted by atomic mass is 35.5. The Kier molecular flexibility index (Phi) is 6.74. The topological polar surface area (TPSA) is 87.0 Å². The fraction of sp³-hybridized carbons (Fsp3) is 0.429. The zero-order chi connectivity index (χ0) is 22.4. The van der Waals surface area contributed by atoms with Crippen molar-refractivity contribution in [3.05, 3.63) is 56.6 Å². The molecule has 0 aliphatic rings. The van der Waals surface area contributed by atoms with E-state index in [4.69, 9.17) is 27.7 Å². The number of hydrogen-bond donors (Lipinski definition) is 3. The molecule has 29 heavy (non-hydrogen) atoms. The molecule has 2 rings (SSSR count). The lowest BCUT2D eigenvalue weighted by Gasteiger charge is -2.26. The number of aromatic hydroxyl groups is 1. The predicted octanol–water partition coefficient (Wildman–Crippen LogP) is 6.36. The quantitative estimate of drug-likeness (QED) is 0.462. The lowest BCUT2D eigenvalue weighted by molar-refractivity contribution is 0.280. The van der Waals surface area contributed by atoms with Crippen molar-refractivity contribution in [2.75, 3.05) is 0 Å². The molecule has 0 unspecified atom stereocenters. The van der Waals surface area contributed by atoms with E-state index in [0.29, 0.717) is 32.3 Å². The molecule has 2 aromatic rings. The standard InChI is InChI=1S/C21H27Cl2O5P/c1-20(2,3)16-10-14(22)8-12(18(16)24)7-13-9-15(23)11-17(21(4,5)6)19(13)28-29(25,26)27/h8-11,24H,7H2,1-6H3,(H2,25,26,27). The molecule has 0 atom stereocenters. The zero-order valence-electron chi connectivity index (χ0n) is 17.4.